The topological polar surface area (TPSA) is 72.8 Å². The summed E-state index contributed by atoms with van der Waals surface area (Å²) in [6, 6.07) is 0. The first-order chi connectivity index (χ1) is 32.6. The zero-order valence-corrected chi connectivity index (χ0v) is 43.2. The van der Waals surface area contributed by atoms with E-state index in [4.69, 9.17) is 9.47 Å². The molecule has 0 aromatic heterocycles. The molecule has 0 fully saturated rings. The van der Waals surface area contributed by atoms with Crippen LogP contribution in [0.3, 0.4) is 0 Å². The summed E-state index contributed by atoms with van der Waals surface area (Å²) in [6.45, 7) is 3.89. The normalized spacial score (nSPS) is 13.0. The molecule has 0 rings (SSSR count). The van der Waals surface area contributed by atoms with Crippen molar-refractivity contribution < 1.29 is 24.2 Å². The summed E-state index contributed by atoms with van der Waals surface area (Å²) in [6.07, 6.45) is 79.7. The van der Waals surface area contributed by atoms with Gasteiger partial charge in [-0.2, -0.15) is 0 Å². The molecule has 1 unspecified atom stereocenters. The number of carbonyl (C=O) groups excluding carboxylic acids is 2. The van der Waals surface area contributed by atoms with Crippen LogP contribution in [0.4, 0.5) is 0 Å². The van der Waals surface area contributed by atoms with Gasteiger partial charge in [-0.25, -0.2) is 0 Å². The van der Waals surface area contributed by atoms with Crippen LogP contribution < -0.4 is 0 Å². The minimum atomic E-state index is -0.792. The molecule has 1 N–H and O–H groups in total. The fourth-order valence-electron chi connectivity index (χ4n) is 7.77. The molecule has 0 aromatic rings. The molecular formula is C61H104O5. The van der Waals surface area contributed by atoms with Gasteiger partial charge in [0, 0.05) is 12.8 Å². The predicted molar refractivity (Wildman–Crippen MR) is 288 cm³/mol. The third-order valence-electron chi connectivity index (χ3n) is 11.9. The number of aliphatic hydroxyl groups excluding tert-OH is 1. The van der Waals surface area contributed by atoms with E-state index in [0.29, 0.717) is 12.8 Å². The Balaban J connectivity index is 3.44. The molecule has 0 saturated carbocycles. The van der Waals surface area contributed by atoms with E-state index in [0.717, 1.165) is 89.9 Å². The van der Waals surface area contributed by atoms with Gasteiger partial charge in [0.15, 0.2) is 6.10 Å². The SMILES string of the molecule is CC/C=C\C/C=C\C/C=C\C/C=C\CCCCCCCCCCCCCCCCCCCCCCCCCCC(=O)OC(CO)COC(=O)CCCC/C=C\C/C=C\C/C=C\C/C=C\CC. The summed E-state index contributed by atoms with van der Waals surface area (Å²) in [5.74, 6) is -0.635. The van der Waals surface area contributed by atoms with Gasteiger partial charge in [-0.05, 0) is 89.9 Å². The lowest BCUT2D eigenvalue weighted by molar-refractivity contribution is -0.161. The second-order valence-electron chi connectivity index (χ2n) is 18.2. The van der Waals surface area contributed by atoms with Crippen LogP contribution in [0.5, 0.6) is 0 Å². The molecule has 0 radical (unpaired) electrons. The monoisotopic (exact) mass is 917 g/mol. The van der Waals surface area contributed by atoms with Gasteiger partial charge in [0.1, 0.15) is 6.61 Å². The molecule has 0 aliphatic carbocycles. The lowest BCUT2D eigenvalue weighted by atomic mass is 10.0. The minimum absolute atomic E-state index is 0.0888. The number of hydrogen-bond donors (Lipinski definition) is 1. The highest BCUT2D eigenvalue weighted by Crippen LogP contribution is 2.17. The van der Waals surface area contributed by atoms with Crippen molar-refractivity contribution in [3.05, 3.63) is 97.2 Å². The molecule has 0 aliphatic rings. The molecule has 66 heavy (non-hydrogen) atoms. The molecule has 5 nitrogen and oxygen atoms in total. The molecule has 0 aromatic carbocycles. The molecule has 0 saturated heterocycles. The average molecular weight is 917 g/mol. The van der Waals surface area contributed by atoms with Gasteiger partial charge in [-0.1, -0.05) is 252 Å². The van der Waals surface area contributed by atoms with Gasteiger partial charge in [0.2, 0.25) is 0 Å². The Morgan fingerprint density at radius 2 is 0.606 bits per heavy atom. The molecule has 0 bridgehead atoms. The Bertz CT molecular complexity index is 1270. The molecule has 0 aliphatic heterocycles. The third-order valence-corrected chi connectivity index (χ3v) is 11.9. The molecule has 0 heterocycles. The maximum Gasteiger partial charge on any atom is 0.306 e. The van der Waals surface area contributed by atoms with Gasteiger partial charge in [0.25, 0.3) is 0 Å². The van der Waals surface area contributed by atoms with Crippen molar-refractivity contribution in [2.75, 3.05) is 13.2 Å². The standard InChI is InChI=1S/C61H104O5/c1-3-5-7-9-11-13-15-17-19-20-21-22-23-24-25-26-27-28-29-30-31-32-33-34-35-36-37-38-39-40-42-44-46-48-50-52-54-56-61(64)66-59(57-62)58-65-60(63)55-53-51-49-47-45-43-41-18-16-14-12-10-8-6-4-2/h5-8,11-14,17-19,21-22,41,45,47,59,62H,3-4,9-10,15-16,20,23-40,42-44,46,48-58H2,1-2H3/b7-5-,8-6-,13-11-,14-12-,19-17-,22-21-,41-18-,47-45-. The number of rotatable bonds is 50. The summed E-state index contributed by atoms with van der Waals surface area (Å²) in [5.41, 5.74) is 0. The molecule has 0 amide bonds. The van der Waals surface area contributed by atoms with E-state index in [1.165, 1.54) is 141 Å². The van der Waals surface area contributed by atoms with Crippen molar-refractivity contribution in [1.82, 2.24) is 0 Å². The number of aliphatic hydroxyl groups is 1. The number of unbranched alkanes of at least 4 members (excludes halogenated alkanes) is 26. The van der Waals surface area contributed by atoms with Crippen LogP contribution in [0.2, 0.25) is 0 Å². The first kappa shape index (κ1) is 62.8. The van der Waals surface area contributed by atoms with Crippen LogP contribution in [-0.2, 0) is 19.1 Å². The van der Waals surface area contributed by atoms with Crippen molar-refractivity contribution in [2.45, 2.75) is 264 Å². The first-order valence-electron chi connectivity index (χ1n) is 27.8. The Morgan fingerprint density at radius 3 is 0.939 bits per heavy atom. The number of carbonyl (C=O) groups is 2. The second kappa shape index (κ2) is 56.1. The van der Waals surface area contributed by atoms with Gasteiger partial charge < -0.3 is 14.6 Å². The number of esters is 2. The lowest BCUT2D eigenvalue weighted by Gasteiger charge is -2.15. The molecular weight excluding hydrogens is 813 g/mol. The quantitative estimate of drug-likeness (QED) is 0.0374. The Kier molecular flexibility index (Phi) is 53.4. The van der Waals surface area contributed by atoms with Gasteiger partial charge in [-0.15, -0.1) is 0 Å². The van der Waals surface area contributed by atoms with Gasteiger partial charge >= 0.3 is 11.9 Å². The van der Waals surface area contributed by atoms with E-state index in [2.05, 4.69) is 111 Å². The smallest absolute Gasteiger partial charge is 0.306 e. The van der Waals surface area contributed by atoms with Gasteiger partial charge in [0.05, 0.1) is 6.61 Å². The highest BCUT2D eigenvalue weighted by molar-refractivity contribution is 5.70. The molecule has 1 atom stereocenters. The summed E-state index contributed by atoms with van der Waals surface area (Å²) in [4.78, 5) is 24.4. The first-order valence-corrected chi connectivity index (χ1v) is 27.8. The molecule has 0 spiro atoms. The van der Waals surface area contributed by atoms with E-state index in [9.17, 15) is 14.7 Å². The summed E-state index contributed by atoms with van der Waals surface area (Å²) < 4.78 is 10.6. The van der Waals surface area contributed by atoms with E-state index < -0.39 is 6.10 Å². The largest absolute Gasteiger partial charge is 0.462 e. The second-order valence-corrected chi connectivity index (χ2v) is 18.2. The van der Waals surface area contributed by atoms with Crippen LogP contribution >= 0.6 is 0 Å². The Morgan fingerprint density at radius 1 is 0.348 bits per heavy atom. The van der Waals surface area contributed by atoms with Crippen LogP contribution in [-0.4, -0.2) is 36.4 Å². The van der Waals surface area contributed by atoms with Crippen molar-refractivity contribution >= 4 is 11.9 Å². The summed E-state index contributed by atoms with van der Waals surface area (Å²) >= 11 is 0. The zero-order chi connectivity index (χ0) is 47.7. The summed E-state index contributed by atoms with van der Waals surface area (Å²) in [7, 11) is 0. The fraction of sp³-hybridized carbons (Fsp3) is 0.705. The Labute approximate surface area is 408 Å². The number of ether oxygens (including phenoxy) is 2. The molecule has 378 valence electrons. The summed E-state index contributed by atoms with van der Waals surface area (Å²) in [5, 5.41) is 9.62. The van der Waals surface area contributed by atoms with E-state index in [1.54, 1.807) is 0 Å². The van der Waals surface area contributed by atoms with E-state index >= 15 is 0 Å². The van der Waals surface area contributed by atoms with Crippen LogP contribution in [0.1, 0.15) is 258 Å². The van der Waals surface area contributed by atoms with Crippen molar-refractivity contribution in [3.63, 3.8) is 0 Å². The Hall–Kier alpha value is -3.18. The fourth-order valence-corrected chi connectivity index (χ4v) is 7.77. The van der Waals surface area contributed by atoms with Crippen molar-refractivity contribution in [3.8, 4) is 0 Å². The number of allylic oxidation sites excluding steroid dienone is 16. The van der Waals surface area contributed by atoms with Crippen LogP contribution in [0.15, 0.2) is 97.2 Å². The lowest BCUT2D eigenvalue weighted by Crippen LogP contribution is -2.28. The maximum atomic E-state index is 12.3. The number of hydrogen-bond acceptors (Lipinski definition) is 5. The van der Waals surface area contributed by atoms with E-state index in [1.807, 2.05) is 0 Å². The van der Waals surface area contributed by atoms with Crippen LogP contribution in [0, 0.1) is 0 Å². The molecule has 5 heteroatoms. The average Bonchev–Trinajstić information content (AvgIpc) is 3.32. The van der Waals surface area contributed by atoms with Crippen LogP contribution in [0.25, 0.3) is 0 Å². The highest BCUT2D eigenvalue weighted by Gasteiger charge is 2.16. The van der Waals surface area contributed by atoms with E-state index in [-0.39, 0.29) is 25.2 Å². The highest BCUT2D eigenvalue weighted by atomic mass is 16.6. The maximum absolute atomic E-state index is 12.3. The van der Waals surface area contributed by atoms with Crippen molar-refractivity contribution in [1.29, 1.82) is 0 Å². The van der Waals surface area contributed by atoms with Crippen molar-refractivity contribution in [2.24, 2.45) is 0 Å². The zero-order valence-electron chi connectivity index (χ0n) is 43.2. The predicted octanol–water partition coefficient (Wildman–Crippen LogP) is 18.7. The minimum Gasteiger partial charge on any atom is -0.462 e. The van der Waals surface area contributed by atoms with Gasteiger partial charge in [-0.3, -0.25) is 9.59 Å². The third kappa shape index (κ3) is 53.4.